The highest BCUT2D eigenvalue weighted by molar-refractivity contribution is 7.14. The van der Waals surface area contributed by atoms with Crippen molar-refractivity contribution < 1.29 is 9.90 Å². The van der Waals surface area contributed by atoms with Crippen LogP contribution in [0.5, 0.6) is 0 Å². The second-order valence-corrected chi connectivity index (χ2v) is 6.30. The number of hydrogen-bond donors (Lipinski definition) is 1. The molecule has 1 aliphatic rings. The van der Waals surface area contributed by atoms with Crippen molar-refractivity contribution in [3.8, 4) is 6.07 Å². The maximum atomic E-state index is 10.9. The van der Waals surface area contributed by atoms with Crippen LogP contribution in [0.15, 0.2) is 41.5 Å². The first-order chi connectivity index (χ1) is 10.6. The lowest BCUT2D eigenvalue weighted by molar-refractivity contribution is 0.0697. The molecule has 1 atom stereocenters. The van der Waals surface area contributed by atoms with E-state index in [0.717, 1.165) is 16.3 Å². The van der Waals surface area contributed by atoms with Gasteiger partial charge in [-0.15, -0.1) is 11.3 Å². The predicted octanol–water partition coefficient (Wildman–Crippen LogP) is 3.12. The predicted molar refractivity (Wildman–Crippen MR) is 85.4 cm³/mol. The van der Waals surface area contributed by atoms with Crippen LogP contribution < -0.4 is 5.01 Å². The van der Waals surface area contributed by atoms with Gasteiger partial charge in [0.2, 0.25) is 0 Å². The van der Waals surface area contributed by atoms with Crippen molar-refractivity contribution in [2.24, 2.45) is 11.0 Å². The van der Waals surface area contributed by atoms with Gasteiger partial charge in [0.1, 0.15) is 5.92 Å². The first-order valence-electron chi connectivity index (χ1n) is 6.74. The van der Waals surface area contributed by atoms with Crippen molar-refractivity contribution in [3.05, 3.63) is 51.7 Å². The lowest BCUT2D eigenvalue weighted by Gasteiger charge is -2.13. The molecule has 110 valence electrons. The number of hydrazone groups is 1. The van der Waals surface area contributed by atoms with Gasteiger partial charge in [0.15, 0.2) is 0 Å². The molecule has 1 aromatic heterocycles. The molecular formula is C16H13N3O2S. The average Bonchev–Trinajstić information content (AvgIpc) is 3.13. The number of thiophene rings is 1. The number of anilines is 1. The summed E-state index contributed by atoms with van der Waals surface area (Å²) in [5, 5.41) is 24.6. The summed E-state index contributed by atoms with van der Waals surface area (Å²) in [6.45, 7) is 2.50. The van der Waals surface area contributed by atoms with Crippen molar-refractivity contribution in [2.45, 2.75) is 6.92 Å². The van der Waals surface area contributed by atoms with Gasteiger partial charge in [0, 0.05) is 4.88 Å². The molecule has 1 aliphatic heterocycles. The first kappa shape index (κ1) is 14.3. The molecule has 0 bridgehead atoms. The quantitative estimate of drug-likeness (QED) is 0.945. The Morgan fingerprint density at radius 1 is 1.36 bits per heavy atom. The largest absolute Gasteiger partial charge is 0.478 e. The molecule has 5 nitrogen and oxygen atoms in total. The Balaban J connectivity index is 1.91. The fourth-order valence-corrected chi connectivity index (χ4v) is 3.24. The molecule has 0 saturated heterocycles. The lowest BCUT2D eigenvalue weighted by Crippen LogP contribution is -2.18. The normalized spacial score (nSPS) is 17.2. The van der Waals surface area contributed by atoms with Crippen LogP contribution in [-0.4, -0.2) is 23.3 Å². The van der Waals surface area contributed by atoms with Gasteiger partial charge in [-0.1, -0.05) is 0 Å². The Morgan fingerprint density at radius 3 is 2.64 bits per heavy atom. The molecule has 22 heavy (non-hydrogen) atoms. The van der Waals surface area contributed by atoms with Crippen molar-refractivity contribution in [3.63, 3.8) is 0 Å². The summed E-state index contributed by atoms with van der Waals surface area (Å²) in [7, 11) is 0. The number of carboxylic acid groups (broad SMARTS) is 1. The molecule has 6 heteroatoms. The van der Waals surface area contributed by atoms with Gasteiger partial charge >= 0.3 is 5.97 Å². The third kappa shape index (κ3) is 2.59. The zero-order valence-electron chi connectivity index (χ0n) is 11.9. The SMILES string of the molecule is Cc1ccc(C2=NN(c3ccc(C(=O)O)cc3)CC2C#N)s1. The fraction of sp³-hybridized carbons (Fsp3) is 0.188. The Hall–Kier alpha value is -2.65. The van der Waals surface area contributed by atoms with Crippen molar-refractivity contribution >= 4 is 28.7 Å². The van der Waals surface area contributed by atoms with E-state index in [2.05, 4.69) is 11.2 Å². The van der Waals surface area contributed by atoms with Gasteiger partial charge in [-0.25, -0.2) is 4.79 Å². The van der Waals surface area contributed by atoms with Crippen molar-refractivity contribution in [2.75, 3.05) is 11.6 Å². The number of benzene rings is 1. The molecule has 1 unspecified atom stereocenters. The standard InChI is InChI=1S/C16H13N3O2S/c1-10-2-7-14(22-10)15-12(8-17)9-19(18-15)13-5-3-11(4-6-13)16(20)21/h2-7,12H,9H2,1H3,(H,20,21). The molecule has 0 aliphatic carbocycles. The highest BCUT2D eigenvalue weighted by atomic mass is 32.1. The number of rotatable bonds is 3. The number of hydrogen-bond acceptors (Lipinski definition) is 5. The summed E-state index contributed by atoms with van der Waals surface area (Å²) in [6.07, 6.45) is 0. The topological polar surface area (TPSA) is 76.7 Å². The second-order valence-electron chi connectivity index (χ2n) is 5.01. The fourth-order valence-electron chi connectivity index (χ4n) is 2.33. The maximum Gasteiger partial charge on any atom is 0.335 e. The van der Waals surface area contributed by atoms with E-state index in [-0.39, 0.29) is 11.5 Å². The van der Waals surface area contributed by atoms with Crippen LogP contribution in [0.4, 0.5) is 5.69 Å². The summed E-state index contributed by atoms with van der Waals surface area (Å²) >= 11 is 1.62. The van der Waals surface area contributed by atoms with Crippen LogP contribution in [0.2, 0.25) is 0 Å². The van der Waals surface area contributed by atoms with Gasteiger partial charge in [-0.05, 0) is 43.3 Å². The zero-order chi connectivity index (χ0) is 15.7. The number of nitriles is 1. The number of aryl methyl sites for hydroxylation is 1. The number of nitrogens with zero attached hydrogens (tertiary/aromatic N) is 3. The van der Waals surface area contributed by atoms with E-state index < -0.39 is 5.97 Å². The van der Waals surface area contributed by atoms with Crippen LogP contribution in [0.1, 0.15) is 20.1 Å². The van der Waals surface area contributed by atoms with Gasteiger partial charge in [-0.3, -0.25) is 5.01 Å². The summed E-state index contributed by atoms with van der Waals surface area (Å²) in [5.41, 5.74) is 1.80. The van der Waals surface area contributed by atoms with Gasteiger partial charge in [-0.2, -0.15) is 10.4 Å². The Bertz CT molecular complexity index is 786. The number of aromatic carboxylic acids is 1. The van der Waals surface area contributed by atoms with Crippen LogP contribution in [0.3, 0.4) is 0 Å². The smallest absolute Gasteiger partial charge is 0.335 e. The summed E-state index contributed by atoms with van der Waals surface area (Å²) < 4.78 is 0. The molecule has 0 saturated carbocycles. The van der Waals surface area contributed by atoms with Crippen molar-refractivity contribution in [1.29, 1.82) is 5.26 Å². The molecule has 0 spiro atoms. The van der Waals surface area contributed by atoms with Crippen LogP contribution in [0, 0.1) is 24.2 Å². The molecule has 0 fully saturated rings. The van der Waals surface area contributed by atoms with Gasteiger partial charge < -0.3 is 5.11 Å². The Kier molecular flexibility index (Phi) is 3.65. The average molecular weight is 311 g/mol. The van der Waals surface area contributed by atoms with Gasteiger partial charge in [0.25, 0.3) is 0 Å². The van der Waals surface area contributed by atoms with E-state index in [4.69, 9.17) is 5.11 Å². The molecule has 1 aromatic carbocycles. The molecule has 2 heterocycles. The number of carboxylic acids is 1. The minimum absolute atomic E-state index is 0.234. The molecule has 3 rings (SSSR count). The third-order valence-corrected chi connectivity index (χ3v) is 4.50. The minimum atomic E-state index is -0.957. The number of carbonyl (C=O) groups is 1. The zero-order valence-corrected chi connectivity index (χ0v) is 12.7. The van der Waals surface area contributed by atoms with Crippen molar-refractivity contribution in [1.82, 2.24) is 0 Å². The Morgan fingerprint density at radius 2 is 2.09 bits per heavy atom. The molecule has 2 aromatic rings. The first-order valence-corrected chi connectivity index (χ1v) is 7.56. The molecule has 0 amide bonds. The summed E-state index contributed by atoms with van der Waals surface area (Å²) in [6, 6.07) is 12.8. The summed E-state index contributed by atoms with van der Waals surface area (Å²) in [4.78, 5) is 13.1. The second kappa shape index (κ2) is 5.62. The van der Waals surface area contributed by atoms with Gasteiger partial charge in [0.05, 0.1) is 34.5 Å². The minimum Gasteiger partial charge on any atom is -0.478 e. The summed E-state index contributed by atoms with van der Waals surface area (Å²) in [5.74, 6) is -1.24. The van der Waals surface area contributed by atoms with E-state index in [1.165, 1.54) is 4.88 Å². The Labute approximate surface area is 131 Å². The molecule has 0 radical (unpaired) electrons. The van der Waals surface area contributed by atoms with E-state index >= 15 is 0 Å². The molecule has 1 N–H and O–H groups in total. The highest BCUT2D eigenvalue weighted by Crippen LogP contribution is 2.28. The maximum absolute atomic E-state index is 10.9. The van der Waals surface area contributed by atoms with Crippen LogP contribution in [-0.2, 0) is 0 Å². The van der Waals surface area contributed by atoms with Crippen LogP contribution >= 0.6 is 11.3 Å². The van der Waals surface area contributed by atoms with Crippen LogP contribution in [0.25, 0.3) is 0 Å². The lowest BCUT2D eigenvalue weighted by atomic mass is 10.1. The molecular weight excluding hydrogens is 298 g/mol. The third-order valence-electron chi connectivity index (χ3n) is 3.47. The monoisotopic (exact) mass is 311 g/mol. The van der Waals surface area contributed by atoms with E-state index in [0.29, 0.717) is 6.54 Å². The van der Waals surface area contributed by atoms with E-state index in [9.17, 15) is 10.1 Å². The van der Waals surface area contributed by atoms with E-state index in [1.54, 1.807) is 40.6 Å². The highest BCUT2D eigenvalue weighted by Gasteiger charge is 2.29. The van der Waals surface area contributed by atoms with E-state index in [1.807, 2.05) is 19.1 Å².